The maximum Gasteiger partial charge on any atom is 0.165 e. The standard InChI is InChI=1S/C50H32N4/c1-3-14-33(15-4-1)35-26-28-36(29-27-35)49-50(52-42-23-10-9-22-41(42)51-49)54-44-25-12-8-21-40(44)48-46(54)31-30-45-47(48)39-20-7-11-24-43(39)53(45)38-19-13-18-37(32-38)34-16-5-2-6-17-34/h1-32H. The van der Waals surface area contributed by atoms with E-state index in [-0.39, 0.29) is 0 Å². The first kappa shape index (κ1) is 30.3. The molecule has 0 aliphatic heterocycles. The first-order valence-corrected chi connectivity index (χ1v) is 18.3. The summed E-state index contributed by atoms with van der Waals surface area (Å²) in [7, 11) is 0. The molecule has 4 nitrogen and oxygen atoms in total. The van der Waals surface area contributed by atoms with Crippen molar-refractivity contribution >= 4 is 54.6 Å². The number of nitrogens with zero attached hydrogens (tertiary/aromatic N) is 4. The van der Waals surface area contributed by atoms with Crippen LogP contribution in [-0.4, -0.2) is 19.1 Å². The topological polar surface area (TPSA) is 35.6 Å². The molecule has 0 fully saturated rings. The Labute approximate surface area is 311 Å². The van der Waals surface area contributed by atoms with Crippen LogP contribution in [0.1, 0.15) is 0 Å². The number of para-hydroxylation sites is 4. The molecule has 3 heterocycles. The van der Waals surface area contributed by atoms with Gasteiger partial charge in [0.15, 0.2) is 5.82 Å². The minimum Gasteiger partial charge on any atom is -0.309 e. The average Bonchev–Trinajstić information content (AvgIpc) is 3.77. The van der Waals surface area contributed by atoms with Gasteiger partial charge in [-0.15, -0.1) is 0 Å². The number of benzene rings is 8. The van der Waals surface area contributed by atoms with E-state index in [1.165, 1.54) is 49.3 Å². The molecule has 0 saturated heterocycles. The van der Waals surface area contributed by atoms with Gasteiger partial charge in [-0.2, -0.15) is 0 Å². The second-order valence-corrected chi connectivity index (χ2v) is 13.8. The minimum atomic E-state index is 0.811. The van der Waals surface area contributed by atoms with Crippen LogP contribution in [-0.2, 0) is 0 Å². The lowest BCUT2D eigenvalue weighted by atomic mass is 10.0. The highest BCUT2D eigenvalue weighted by atomic mass is 15.1. The summed E-state index contributed by atoms with van der Waals surface area (Å²) in [5.41, 5.74) is 14.0. The Balaban J connectivity index is 1.19. The molecule has 54 heavy (non-hydrogen) atoms. The molecule has 11 rings (SSSR count). The predicted molar refractivity (Wildman–Crippen MR) is 225 cm³/mol. The third-order valence-corrected chi connectivity index (χ3v) is 10.7. The van der Waals surface area contributed by atoms with E-state index >= 15 is 0 Å². The molecule has 3 aromatic heterocycles. The van der Waals surface area contributed by atoms with Crippen LogP contribution in [0, 0.1) is 0 Å². The summed E-state index contributed by atoms with van der Waals surface area (Å²) < 4.78 is 4.74. The second kappa shape index (κ2) is 12.1. The van der Waals surface area contributed by atoms with Crippen LogP contribution in [0.4, 0.5) is 0 Å². The zero-order valence-electron chi connectivity index (χ0n) is 29.3. The largest absolute Gasteiger partial charge is 0.309 e. The summed E-state index contributed by atoms with van der Waals surface area (Å²) in [4.78, 5) is 10.7. The number of hydrogen-bond acceptors (Lipinski definition) is 2. The van der Waals surface area contributed by atoms with E-state index in [9.17, 15) is 0 Å². The summed E-state index contributed by atoms with van der Waals surface area (Å²) in [6.07, 6.45) is 0. The fraction of sp³-hybridized carbons (Fsp3) is 0. The monoisotopic (exact) mass is 688 g/mol. The molecule has 0 N–H and O–H groups in total. The highest BCUT2D eigenvalue weighted by Crippen LogP contribution is 2.43. The highest BCUT2D eigenvalue weighted by Gasteiger charge is 2.23. The number of fused-ring (bicyclic) bond motifs is 8. The molecule has 0 amide bonds. The predicted octanol–water partition coefficient (Wildman–Crippen LogP) is 12.8. The van der Waals surface area contributed by atoms with Gasteiger partial charge in [0.05, 0.1) is 33.1 Å². The van der Waals surface area contributed by atoms with Gasteiger partial charge in [-0.1, -0.05) is 146 Å². The van der Waals surface area contributed by atoms with Crippen LogP contribution < -0.4 is 0 Å². The van der Waals surface area contributed by atoms with Gasteiger partial charge in [0.1, 0.15) is 5.69 Å². The van der Waals surface area contributed by atoms with Crippen molar-refractivity contribution in [1.29, 1.82) is 0 Å². The molecule has 8 aromatic carbocycles. The lowest BCUT2D eigenvalue weighted by Gasteiger charge is -2.14. The molecule has 0 radical (unpaired) electrons. The molecule has 0 saturated carbocycles. The fourth-order valence-electron chi connectivity index (χ4n) is 8.27. The zero-order chi connectivity index (χ0) is 35.6. The van der Waals surface area contributed by atoms with Crippen LogP contribution in [0.25, 0.3) is 99.7 Å². The average molecular weight is 689 g/mol. The molecular weight excluding hydrogens is 657 g/mol. The quantitative estimate of drug-likeness (QED) is 0.180. The Morgan fingerprint density at radius 3 is 1.46 bits per heavy atom. The molecule has 0 bridgehead atoms. The van der Waals surface area contributed by atoms with E-state index in [0.29, 0.717) is 0 Å². The van der Waals surface area contributed by atoms with Crippen molar-refractivity contribution in [3.8, 4) is 45.0 Å². The maximum atomic E-state index is 5.40. The van der Waals surface area contributed by atoms with Crippen molar-refractivity contribution in [3.05, 3.63) is 194 Å². The van der Waals surface area contributed by atoms with E-state index in [2.05, 4.69) is 185 Å². The first-order chi connectivity index (χ1) is 26.8. The van der Waals surface area contributed by atoms with Gasteiger partial charge >= 0.3 is 0 Å². The molecule has 0 unspecified atom stereocenters. The van der Waals surface area contributed by atoms with Gasteiger partial charge in [-0.25, -0.2) is 9.97 Å². The van der Waals surface area contributed by atoms with Crippen molar-refractivity contribution in [2.45, 2.75) is 0 Å². The van der Waals surface area contributed by atoms with Gasteiger partial charge < -0.3 is 4.57 Å². The van der Waals surface area contributed by atoms with E-state index in [1.807, 2.05) is 18.2 Å². The molecule has 0 aliphatic carbocycles. The smallest absolute Gasteiger partial charge is 0.165 e. The Morgan fingerprint density at radius 1 is 0.315 bits per heavy atom. The van der Waals surface area contributed by atoms with Crippen molar-refractivity contribution in [2.75, 3.05) is 0 Å². The molecule has 4 heteroatoms. The third-order valence-electron chi connectivity index (χ3n) is 10.7. The molecular formula is C50H32N4. The molecule has 252 valence electrons. The Hall–Kier alpha value is -7.30. The zero-order valence-corrected chi connectivity index (χ0v) is 29.3. The van der Waals surface area contributed by atoms with Crippen LogP contribution in [0.3, 0.4) is 0 Å². The number of hydrogen-bond donors (Lipinski definition) is 0. The van der Waals surface area contributed by atoms with Gasteiger partial charge in [-0.05, 0) is 70.8 Å². The van der Waals surface area contributed by atoms with Crippen LogP contribution in [0.5, 0.6) is 0 Å². The summed E-state index contributed by atoms with van der Waals surface area (Å²) in [5, 5.41) is 4.83. The molecule has 0 atom stereocenters. The fourth-order valence-corrected chi connectivity index (χ4v) is 8.27. The molecule has 0 spiro atoms. The van der Waals surface area contributed by atoms with Crippen LogP contribution in [0.2, 0.25) is 0 Å². The Morgan fingerprint density at radius 2 is 0.796 bits per heavy atom. The molecule has 0 aliphatic rings. The summed E-state index contributed by atoms with van der Waals surface area (Å²) in [6.45, 7) is 0. The Kier molecular flexibility index (Phi) is 6.82. The minimum absolute atomic E-state index is 0.811. The van der Waals surface area contributed by atoms with Gasteiger partial charge in [0.25, 0.3) is 0 Å². The summed E-state index contributed by atoms with van der Waals surface area (Å²) in [6, 6.07) is 68.9. The van der Waals surface area contributed by atoms with E-state index < -0.39 is 0 Å². The second-order valence-electron chi connectivity index (χ2n) is 13.8. The SMILES string of the molecule is c1ccc(-c2ccc(-c3nc4ccccc4nc3-n3c4ccccc4c4c5c6ccccc6n(-c6cccc(-c7ccccc7)c6)c5ccc43)cc2)cc1. The van der Waals surface area contributed by atoms with Crippen LogP contribution in [0.15, 0.2) is 194 Å². The van der Waals surface area contributed by atoms with E-state index in [0.717, 1.165) is 50.3 Å². The van der Waals surface area contributed by atoms with Crippen LogP contribution >= 0.6 is 0 Å². The first-order valence-electron chi connectivity index (χ1n) is 18.3. The van der Waals surface area contributed by atoms with Crippen molar-refractivity contribution < 1.29 is 0 Å². The lowest BCUT2D eigenvalue weighted by molar-refractivity contribution is 1.08. The summed E-state index contributed by atoms with van der Waals surface area (Å²) in [5.74, 6) is 0.811. The lowest BCUT2D eigenvalue weighted by Crippen LogP contribution is -2.03. The number of rotatable bonds is 5. The van der Waals surface area contributed by atoms with Gasteiger partial charge in [0.2, 0.25) is 0 Å². The van der Waals surface area contributed by atoms with E-state index in [1.54, 1.807) is 0 Å². The highest BCUT2D eigenvalue weighted by molar-refractivity contribution is 6.29. The number of aromatic nitrogens is 4. The Bertz CT molecular complexity index is 3190. The summed E-state index contributed by atoms with van der Waals surface area (Å²) >= 11 is 0. The normalized spacial score (nSPS) is 11.7. The molecule has 11 aromatic rings. The maximum absolute atomic E-state index is 5.40. The van der Waals surface area contributed by atoms with Crippen molar-refractivity contribution in [3.63, 3.8) is 0 Å². The van der Waals surface area contributed by atoms with Gasteiger partial charge in [0, 0.05) is 32.8 Å². The van der Waals surface area contributed by atoms with Crippen molar-refractivity contribution in [1.82, 2.24) is 19.1 Å². The van der Waals surface area contributed by atoms with Crippen molar-refractivity contribution in [2.24, 2.45) is 0 Å². The third kappa shape index (κ3) is 4.70. The van der Waals surface area contributed by atoms with Gasteiger partial charge in [-0.3, -0.25) is 4.57 Å². The van der Waals surface area contributed by atoms with E-state index in [4.69, 9.17) is 9.97 Å².